The Morgan fingerprint density at radius 1 is 1.30 bits per heavy atom. The minimum absolute atomic E-state index is 0.196. The van der Waals surface area contributed by atoms with Gasteiger partial charge in [0.25, 0.3) is 5.91 Å². The van der Waals surface area contributed by atoms with E-state index < -0.39 is 17.5 Å². The summed E-state index contributed by atoms with van der Waals surface area (Å²) in [7, 11) is 0. The molecule has 1 aromatic carbocycles. The van der Waals surface area contributed by atoms with Crippen LogP contribution in [-0.2, 0) is 14.3 Å². The van der Waals surface area contributed by atoms with Crippen molar-refractivity contribution in [2.45, 2.75) is 26.4 Å². The molecule has 0 radical (unpaired) electrons. The second-order valence-electron chi connectivity index (χ2n) is 5.59. The molecule has 5 nitrogen and oxygen atoms in total. The molecule has 0 aliphatic carbocycles. The zero-order valence-corrected chi connectivity index (χ0v) is 15.0. The maximum atomic E-state index is 11.9. The summed E-state index contributed by atoms with van der Waals surface area (Å²) in [6.07, 6.45) is 1.14. The lowest BCUT2D eigenvalue weighted by Crippen LogP contribution is -2.23. The molecule has 1 aliphatic heterocycles. The third kappa shape index (κ3) is 4.99. The van der Waals surface area contributed by atoms with E-state index in [0.717, 1.165) is 17.8 Å². The molecule has 1 N–H and O–H groups in total. The van der Waals surface area contributed by atoms with E-state index in [1.165, 1.54) is 0 Å². The summed E-state index contributed by atoms with van der Waals surface area (Å²) >= 11 is 13.1. The maximum absolute atomic E-state index is 11.9. The predicted molar refractivity (Wildman–Crippen MR) is 93.2 cm³/mol. The maximum Gasteiger partial charge on any atom is 0.332 e. The number of nitrogens with one attached hydrogen (secondary N) is 1. The number of carbonyl (C=O) groups excluding carboxylic acids is 2. The summed E-state index contributed by atoms with van der Waals surface area (Å²) in [5.41, 5.74) is -0.271. The highest BCUT2D eigenvalue weighted by molar-refractivity contribution is 8.18. The molecule has 0 spiro atoms. The van der Waals surface area contributed by atoms with Crippen LogP contribution < -0.4 is 5.32 Å². The van der Waals surface area contributed by atoms with Crippen LogP contribution in [0.5, 0.6) is 0 Å². The highest BCUT2D eigenvalue weighted by Crippen LogP contribution is 2.35. The van der Waals surface area contributed by atoms with Gasteiger partial charge in [0.05, 0.1) is 15.0 Å². The van der Waals surface area contributed by atoms with Crippen LogP contribution in [0.25, 0.3) is 0 Å². The van der Waals surface area contributed by atoms with Gasteiger partial charge in [-0.3, -0.25) is 4.79 Å². The van der Waals surface area contributed by atoms with Crippen molar-refractivity contribution in [3.8, 4) is 0 Å². The molecule has 2 rings (SSSR count). The van der Waals surface area contributed by atoms with Crippen LogP contribution in [0.1, 0.15) is 20.8 Å². The average Bonchev–Trinajstić information content (AvgIpc) is 2.72. The van der Waals surface area contributed by atoms with Crippen molar-refractivity contribution < 1.29 is 14.3 Å². The van der Waals surface area contributed by atoms with Crippen molar-refractivity contribution in [1.82, 2.24) is 5.32 Å². The van der Waals surface area contributed by atoms with Gasteiger partial charge in [0.15, 0.2) is 5.17 Å². The molecule has 0 bridgehead atoms. The van der Waals surface area contributed by atoms with Gasteiger partial charge in [-0.05, 0) is 44.7 Å². The van der Waals surface area contributed by atoms with Crippen LogP contribution >= 0.6 is 35.0 Å². The molecule has 1 heterocycles. The van der Waals surface area contributed by atoms with Crippen LogP contribution in [-0.4, -0.2) is 22.6 Å². The second kappa shape index (κ2) is 6.95. The molecular weight excluding hydrogens is 359 g/mol. The Morgan fingerprint density at radius 3 is 2.48 bits per heavy atom. The molecule has 122 valence electrons. The summed E-state index contributed by atoms with van der Waals surface area (Å²) in [6, 6.07) is 4.99. The molecule has 1 amide bonds. The minimum atomic E-state index is -0.629. The number of thioether (sulfide) groups is 1. The highest BCUT2D eigenvalue weighted by atomic mass is 35.5. The van der Waals surface area contributed by atoms with E-state index >= 15 is 0 Å². The first-order valence-electron chi connectivity index (χ1n) is 6.62. The van der Waals surface area contributed by atoms with E-state index in [0.29, 0.717) is 20.9 Å². The summed E-state index contributed by atoms with van der Waals surface area (Å²) in [5, 5.41) is 3.58. The van der Waals surface area contributed by atoms with Crippen molar-refractivity contribution >= 4 is 57.7 Å². The number of aliphatic imine (C=N–C) groups is 1. The van der Waals surface area contributed by atoms with Gasteiger partial charge in [-0.25, -0.2) is 9.79 Å². The Labute approximate surface area is 148 Å². The first-order chi connectivity index (χ1) is 10.7. The largest absolute Gasteiger partial charge is 0.457 e. The lowest BCUT2D eigenvalue weighted by molar-refractivity contribution is -0.148. The van der Waals surface area contributed by atoms with Crippen LogP contribution in [0.4, 0.5) is 5.69 Å². The van der Waals surface area contributed by atoms with E-state index in [1.807, 2.05) is 0 Å². The fraction of sp³-hybridized carbons (Fsp3) is 0.267. The highest BCUT2D eigenvalue weighted by Gasteiger charge is 2.26. The topological polar surface area (TPSA) is 67.8 Å². The number of benzene rings is 1. The van der Waals surface area contributed by atoms with Crippen molar-refractivity contribution in [3.63, 3.8) is 0 Å². The first-order valence-corrected chi connectivity index (χ1v) is 8.19. The molecule has 1 fully saturated rings. The van der Waals surface area contributed by atoms with Gasteiger partial charge in [-0.15, -0.1) is 0 Å². The molecule has 0 saturated carbocycles. The Balaban J connectivity index is 2.20. The van der Waals surface area contributed by atoms with E-state index in [9.17, 15) is 9.59 Å². The Kier molecular flexibility index (Phi) is 5.39. The molecular formula is C15H14Cl2N2O3S. The summed E-state index contributed by atoms with van der Waals surface area (Å²) in [4.78, 5) is 28.1. The zero-order valence-electron chi connectivity index (χ0n) is 12.6. The van der Waals surface area contributed by atoms with Crippen LogP contribution in [0.2, 0.25) is 10.0 Å². The molecule has 8 heteroatoms. The van der Waals surface area contributed by atoms with Gasteiger partial charge in [-0.1, -0.05) is 29.3 Å². The molecule has 1 aromatic rings. The molecule has 23 heavy (non-hydrogen) atoms. The summed E-state index contributed by atoms with van der Waals surface area (Å²) < 4.78 is 5.15. The number of rotatable bonds is 2. The van der Waals surface area contributed by atoms with Gasteiger partial charge < -0.3 is 10.1 Å². The Hall–Kier alpha value is -1.50. The normalized spacial score (nSPS) is 18.4. The minimum Gasteiger partial charge on any atom is -0.457 e. The zero-order chi connectivity index (χ0) is 17.2. The SMILES string of the molecule is CC(C)(C)OC(=O)C=C1SC(=Nc2c(Cl)cccc2Cl)NC1=O. The third-order valence-corrected chi connectivity index (χ3v) is 3.98. The molecule has 1 saturated heterocycles. The fourth-order valence-corrected chi connectivity index (χ4v) is 2.89. The number of halogens is 2. The van der Waals surface area contributed by atoms with E-state index in [-0.39, 0.29) is 4.91 Å². The number of nitrogens with zero attached hydrogens (tertiary/aromatic N) is 1. The standard InChI is InChI=1S/C15H14Cl2N2O3S/c1-15(2,3)22-11(20)7-10-13(21)19-14(23-10)18-12-8(16)5-4-6-9(12)17/h4-7H,1-3H3,(H,18,19,21). The quantitative estimate of drug-likeness (QED) is 0.627. The monoisotopic (exact) mass is 372 g/mol. The van der Waals surface area contributed by atoms with Gasteiger partial charge in [-0.2, -0.15) is 0 Å². The molecule has 1 aliphatic rings. The van der Waals surface area contributed by atoms with Gasteiger partial charge in [0.2, 0.25) is 0 Å². The average molecular weight is 373 g/mol. The van der Waals surface area contributed by atoms with Crippen molar-refractivity contribution in [2.75, 3.05) is 0 Å². The number of amides is 1. The molecule has 0 atom stereocenters. The number of esters is 1. The van der Waals surface area contributed by atoms with Crippen molar-refractivity contribution in [1.29, 1.82) is 0 Å². The lowest BCUT2D eigenvalue weighted by atomic mass is 10.2. The Bertz CT molecular complexity index is 704. The number of amidine groups is 1. The van der Waals surface area contributed by atoms with E-state index in [1.54, 1.807) is 39.0 Å². The second-order valence-corrected chi connectivity index (χ2v) is 7.43. The lowest BCUT2D eigenvalue weighted by Gasteiger charge is -2.18. The number of carbonyl (C=O) groups is 2. The number of hydrogen-bond donors (Lipinski definition) is 1. The van der Waals surface area contributed by atoms with Crippen LogP contribution in [0.15, 0.2) is 34.2 Å². The van der Waals surface area contributed by atoms with Crippen molar-refractivity contribution in [2.24, 2.45) is 4.99 Å². The van der Waals surface area contributed by atoms with Gasteiger partial charge in [0.1, 0.15) is 11.3 Å². The van der Waals surface area contributed by atoms with E-state index in [2.05, 4.69) is 10.3 Å². The number of para-hydroxylation sites is 1. The predicted octanol–water partition coefficient (Wildman–Crippen LogP) is 4.07. The Morgan fingerprint density at radius 2 is 1.91 bits per heavy atom. The van der Waals surface area contributed by atoms with Gasteiger partial charge >= 0.3 is 5.97 Å². The number of ether oxygens (including phenoxy) is 1. The molecule has 0 aromatic heterocycles. The van der Waals surface area contributed by atoms with Crippen LogP contribution in [0, 0.1) is 0 Å². The summed E-state index contributed by atoms with van der Waals surface area (Å²) in [6.45, 7) is 5.24. The smallest absolute Gasteiger partial charge is 0.332 e. The number of hydrogen-bond acceptors (Lipinski definition) is 5. The van der Waals surface area contributed by atoms with E-state index in [4.69, 9.17) is 27.9 Å². The van der Waals surface area contributed by atoms with Gasteiger partial charge in [0, 0.05) is 6.08 Å². The van der Waals surface area contributed by atoms with Crippen molar-refractivity contribution in [3.05, 3.63) is 39.2 Å². The fourth-order valence-electron chi connectivity index (χ4n) is 1.62. The summed E-state index contributed by atoms with van der Waals surface area (Å²) in [5.74, 6) is -1.02. The molecule has 0 unspecified atom stereocenters. The third-order valence-electron chi connectivity index (χ3n) is 2.46. The van der Waals surface area contributed by atoms with Crippen LogP contribution in [0.3, 0.4) is 0 Å². The first kappa shape index (κ1) is 17.8.